The number of aryl methyl sites for hydroxylation is 1. The maximum Gasteiger partial charge on any atom is 0.325 e. The van der Waals surface area contributed by atoms with E-state index in [1.165, 1.54) is 5.56 Å². The Labute approximate surface area is 158 Å². The summed E-state index contributed by atoms with van der Waals surface area (Å²) in [4.78, 5) is 26.0. The molecule has 2 aromatic carbocycles. The normalized spacial score (nSPS) is 12.6. The van der Waals surface area contributed by atoms with Crippen LogP contribution in [0.3, 0.4) is 0 Å². The average Bonchev–Trinajstić information content (AvgIpc) is 2.63. The van der Waals surface area contributed by atoms with E-state index in [1.54, 1.807) is 18.2 Å². The van der Waals surface area contributed by atoms with Gasteiger partial charge < -0.3 is 14.8 Å². The van der Waals surface area contributed by atoms with Crippen molar-refractivity contribution in [3.05, 3.63) is 53.6 Å². The molecule has 0 atom stereocenters. The van der Waals surface area contributed by atoms with Crippen molar-refractivity contribution < 1.29 is 19.1 Å². The molecule has 0 spiro atoms. The number of fused-ring (bicyclic) bond motifs is 1. The van der Waals surface area contributed by atoms with Gasteiger partial charge in [-0.3, -0.25) is 15.0 Å². The Bertz CT molecular complexity index is 820. The van der Waals surface area contributed by atoms with E-state index in [4.69, 9.17) is 9.47 Å². The molecule has 1 aliphatic heterocycles. The number of amides is 3. The first kappa shape index (κ1) is 18.7. The van der Waals surface area contributed by atoms with Crippen molar-refractivity contribution in [1.82, 2.24) is 10.2 Å². The molecular weight excluding hydrogens is 346 g/mol. The third kappa shape index (κ3) is 5.46. The van der Waals surface area contributed by atoms with Crippen LogP contribution in [0, 0.1) is 6.92 Å². The molecule has 2 aromatic rings. The molecule has 0 bridgehead atoms. The van der Waals surface area contributed by atoms with Gasteiger partial charge in [-0.15, -0.1) is 0 Å². The lowest BCUT2D eigenvalue weighted by Gasteiger charge is -2.19. The Balaban J connectivity index is 1.47. The third-order valence-electron chi connectivity index (χ3n) is 4.04. The van der Waals surface area contributed by atoms with E-state index < -0.39 is 6.03 Å². The fourth-order valence-corrected chi connectivity index (χ4v) is 2.76. The Hall–Kier alpha value is -3.06. The van der Waals surface area contributed by atoms with E-state index in [1.807, 2.05) is 43.1 Å². The van der Waals surface area contributed by atoms with Gasteiger partial charge in [-0.25, -0.2) is 4.79 Å². The highest BCUT2D eigenvalue weighted by Crippen LogP contribution is 2.32. The molecule has 0 radical (unpaired) electrons. The van der Waals surface area contributed by atoms with Crippen molar-refractivity contribution in [2.75, 3.05) is 32.1 Å². The van der Waals surface area contributed by atoms with Gasteiger partial charge in [0.05, 0.1) is 6.54 Å². The molecule has 142 valence electrons. The van der Waals surface area contributed by atoms with Crippen LogP contribution in [-0.4, -0.2) is 43.6 Å². The van der Waals surface area contributed by atoms with Crippen molar-refractivity contribution in [1.29, 1.82) is 0 Å². The topological polar surface area (TPSA) is 79.9 Å². The van der Waals surface area contributed by atoms with Crippen LogP contribution in [0.4, 0.5) is 10.5 Å². The van der Waals surface area contributed by atoms with Gasteiger partial charge in [0.25, 0.3) is 0 Å². The number of likely N-dealkylation sites (N-methyl/N-ethyl adjacent to an activating group) is 1. The van der Waals surface area contributed by atoms with Gasteiger partial charge >= 0.3 is 6.03 Å². The molecular formula is C20H23N3O4. The molecule has 0 fully saturated rings. The molecule has 7 heteroatoms. The van der Waals surface area contributed by atoms with Gasteiger partial charge in [0.2, 0.25) is 5.91 Å². The summed E-state index contributed by atoms with van der Waals surface area (Å²) < 4.78 is 10.9. The number of hydrogen-bond acceptors (Lipinski definition) is 5. The SMILES string of the molecule is Cc1ccc(CN(C)CC(=O)NC(=O)Nc2ccc3c(c2)OCCO3)cc1. The van der Waals surface area contributed by atoms with Gasteiger partial charge in [0, 0.05) is 18.3 Å². The lowest BCUT2D eigenvalue weighted by atomic mass is 10.1. The maximum atomic E-state index is 12.1. The number of ether oxygens (including phenoxy) is 2. The smallest absolute Gasteiger partial charge is 0.325 e. The summed E-state index contributed by atoms with van der Waals surface area (Å²) >= 11 is 0. The summed E-state index contributed by atoms with van der Waals surface area (Å²) in [7, 11) is 1.83. The zero-order chi connectivity index (χ0) is 19.2. The lowest BCUT2D eigenvalue weighted by molar-refractivity contribution is -0.120. The number of benzene rings is 2. The Kier molecular flexibility index (Phi) is 5.93. The van der Waals surface area contributed by atoms with Crippen LogP contribution >= 0.6 is 0 Å². The number of rotatable bonds is 5. The lowest BCUT2D eigenvalue weighted by Crippen LogP contribution is -2.40. The molecule has 3 rings (SSSR count). The van der Waals surface area contributed by atoms with E-state index in [0.717, 1.165) is 5.56 Å². The number of nitrogens with one attached hydrogen (secondary N) is 2. The molecule has 2 N–H and O–H groups in total. The van der Waals surface area contributed by atoms with E-state index in [0.29, 0.717) is 36.9 Å². The average molecular weight is 369 g/mol. The van der Waals surface area contributed by atoms with Crippen LogP contribution in [-0.2, 0) is 11.3 Å². The highest BCUT2D eigenvalue weighted by molar-refractivity contribution is 6.01. The minimum atomic E-state index is -0.583. The van der Waals surface area contributed by atoms with Gasteiger partial charge in [0.15, 0.2) is 11.5 Å². The minimum absolute atomic E-state index is 0.114. The second-order valence-electron chi connectivity index (χ2n) is 6.52. The Morgan fingerprint density at radius 3 is 2.48 bits per heavy atom. The Morgan fingerprint density at radius 1 is 1.04 bits per heavy atom. The summed E-state index contributed by atoms with van der Waals surface area (Å²) in [6.07, 6.45) is 0. The number of hydrogen-bond donors (Lipinski definition) is 2. The highest BCUT2D eigenvalue weighted by Gasteiger charge is 2.14. The molecule has 3 amide bonds. The van der Waals surface area contributed by atoms with Gasteiger partial charge in [-0.1, -0.05) is 29.8 Å². The first-order valence-electron chi connectivity index (χ1n) is 8.74. The molecule has 1 aliphatic rings. The van der Waals surface area contributed by atoms with E-state index in [-0.39, 0.29) is 12.5 Å². The Morgan fingerprint density at radius 2 is 1.74 bits per heavy atom. The van der Waals surface area contributed by atoms with E-state index in [9.17, 15) is 9.59 Å². The maximum absolute atomic E-state index is 12.1. The highest BCUT2D eigenvalue weighted by atomic mass is 16.6. The fraction of sp³-hybridized carbons (Fsp3) is 0.300. The summed E-state index contributed by atoms with van der Waals surface area (Å²) in [6.45, 7) is 3.74. The van der Waals surface area contributed by atoms with E-state index >= 15 is 0 Å². The molecule has 0 saturated heterocycles. The van der Waals surface area contributed by atoms with Crippen molar-refractivity contribution in [3.8, 4) is 11.5 Å². The van der Waals surface area contributed by atoms with Crippen LogP contribution in [0.5, 0.6) is 11.5 Å². The summed E-state index contributed by atoms with van der Waals surface area (Å²) in [6, 6.07) is 12.6. The number of carbonyl (C=O) groups excluding carboxylic acids is 2. The van der Waals surface area contributed by atoms with Crippen molar-refractivity contribution in [3.63, 3.8) is 0 Å². The fourth-order valence-electron chi connectivity index (χ4n) is 2.76. The first-order chi connectivity index (χ1) is 13.0. The van der Waals surface area contributed by atoms with Crippen molar-refractivity contribution >= 4 is 17.6 Å². The molecule has 0 saturated carbocycles. The van der Waals surface area contributed by atoms with Crippen LogP contribution < -0.4 is 20.1 Å². The largest absolute Gasteiger partial charge is 0.486 e. The van der Waals surface area contributed by atoms with Crippen LogP contribution in [0.2, 0.25) is 0 Å². The molecule has 7 nitrogen and oxygen atoms in total. The molecule has 0 aliphatic carbocycles. The number of carbonyl (C=O) groups is 2. The number of urea groups is 1. The molecule has 1 heterocycles. The summed E-state index contributed by atoms with van der Waals surface area (Å²) in [5.74, 6) is 0.837. The molecule has 0 aromatic heterocycles. The summed E-state index contributed by atoms with van der Waals surface area (Å²) in [5.41, 5.74) is 2.82. The van der Waals surface area contributed by atoms with Crippen LogP contribution in [0.15, 0.2) is 42.5 Å². The minimum Gasteiger partial charge on any atom is -0.486 e. The van der Waals surface area contributed by atoms with Crippen LogP contribution in [0.1, 0.15) is 11.1 Å². The number of nitrogens with zero attached hydrogens (tertiary/aromatic N) is 1. The second-order valence-corrected chi connectivity index (χ2v) is 6.52. The quantitative estimate of drug-likeness (QED) is 0.847. The van der Waals surface area contributed by atoms with Crippen molar-refractivity contribution in [2.45, 2.75) is 13.5 Å². The summed E-state index contributed by atoms with van der Waals surface area (Å²) in [5, 5.41) is 4.96. The molecule has 0 unspecified atom stereocenters. The number of anilines is 1. The van der Waals surface area contributed by atoms with Gasteiger partial charge in [0.1, 0.15) is 13.2 Å². The van der Waals surface area contributed by atoms with Crippen molar-refractivity contribution in [2.24, 2.45) is 0 Å². The predicted octanol–water partition coefficient (Wildman–Crippen LogP) is 2.55. The monoisotopic (exact) mass is 369 g/mol. The second kappa shape index (κ2) is 8.55. The van der Waals surface area contributed by atoms with Gasteiger partial charge in [-0.05, 0) is 31.7 Å². The number of imide groups is 1. The predicted molar refractivity (Wildman–Crippen MR) is 102 cm³/mol. The van der Waals surface area contributed by atoms with Gasteiger partial charge in [-0.2, -0.15) is 0 Å². The van der Waals surface area contributed by atoms with E-state index in [2.05, 4.69) is 10.6 Å². The standard InChI is InChI=1S/C20H23N3O4/c1-14-3-5-15(6-4-14)12-23(2)13-19(24)22-20(25)21-16-7-8-17-18(11-16)27-10-9-26-17/h3-8,11H,9-10,12-13H2,1-2H3,(H2,21,22,24,25). The zero-order valence-corrected chi connectivity index (χ0v) is 15.5. The van der Waals surface area contributed by atoms with Crippen LogP contribution in [0.25, 0.3) is 0 Å². The third-order valence-corrected chi connectivity index (χ3v) is 4.04. The molecule has 27 heavy (non-hydrogen) atoms. The zero-order valence-electron chi connectivity index (χ0n) is 15.5. The first-order valence-corrected chi connectivity index (χ1v) is 8.74.